The van der Waals surface area contributed by atoms with Gasteiger partial charge in [-0.3, -0.25) is 19.3 Å². The molecule has 2 aromatic rings. The van der Waals surface area contributed by atoms with Crippen LogP contribution in [-0.4, -0.2) is 46.7 Å². The van der Waals surface area contributed by atoms with E-state index in [0.717, 1.165) is 4.90 Å². The summed E-state index contributed by atoms with van der Waals surface area (Å²) in [5.41, 5.74) is 1.46. The van der Waals surface area contributed by atoms with E-state index in [9.17, 15) is 14.4 Å². The zero-order valence-corrected chi connectivity index (χ0v) is 16.4. The zero-order chi connectivity index (χ0) is 20.8. The summed E-state index contributed by atoms with van der Waals surface area (Å²) in [5, 5.41) is 2.81. The Balaban J connectivity index is 1.57. The first-order chi connectivity index (χ1) is 13.8. The van der Waals surface area contributed by atoms with Crippen molar-refractivity contribution in [2.24, 2.45) is 4.99 Å². The fourth-order valence-electron chi connectivity index (χ4n) is 3.42. The van der Waals surface area contributed by atoms with Gasteiger partial charge in [-0.15, -0.1) is 0 Å². The van der Waals surface area contributed by atoms with E-state index in [2.05, 4.69) is 10.3 Å². The monoisotopic (exact) mass is 391 g/mol. The number of hydrogen-bond acceptors (Lipinski definition) is 5. The van der Waals surface area contributed by atoms with E-state index < -0.39 is 23.8 Å². The van der Waals surface area contributed by atoms with Crippen molar-refractivity contribution in [1.82, 2.24) is 4.90 Å². The topological polar surface area (TPSA) is 88.1 Å². The highest BCUT2D eigenvalue weighted by Crippen LogP contribution is 2.27. The Hall–Kier alpha value is -3.48. The van der Waals surface area contributed by atoms with Crippen LogP contribution in [0.4, 0.5) is 5.69 Å². The number of imide groups is 1. The van der Waals surface area contributed by atoms with Crippen molar-refractivity contribution in [3.8, 4) is 0 Å². The molecule has 0 saturated heterocycles. The molecule has 29 heavy (non-hydrogen) atoms. The number of hydrogen-bond donors (Lipinski definition) is 1. The van der Waals surface area contributed by atoms with Crippen molar-refractivity contribution in [2.45, 2.75) is 32.4 Å². The van der Waals surface area contributed by atoms with Crippen LogP contribution in [0.5, 0.6) is 0 Å². The van der Waals surface area contributed by atoms with Crippen LogP contribution in [0.3, 0.4) is 0 Å². The Kier molecular flexibility index (Phi) is 4.45. The molecule has 0 aromatic heterocycles. The number of fused-ring (bicyclic) bond motifs is 1. The maximum atomic E-state index is 12.9. The molecule has 7 nitrogen and oxygen atoms in total. The fraction of sp³-hybridized carbons (Fsp3) is 0.273. The van der Waals surface area contributed by atoms with E-state index >= 15 is 0 Å². The number of amides is 3. The van der Waals surface area contributed by atoms with Crippen LogP contribution in [0.25, 0.3) is 0 Å². The summed E-state index contributed by atoms with van der Waals surface area (Å²) in [4.78, 5) is 43.7. The predicted octanol–water partition coefficient (Wildman–Crippen LogP) is 2.87. The molecule has 0 radical (unpaired) electrons. The molecule has 0 aliphatic carbocycles. The summed E-state index contributed by atoms with van der Waals surface area (Å²) >= 11 is 0. The first-order valence-corrected chi connectivity index (χ1v) is 9.38. The van der Waals surface area contributed by atoms with Crippen LogP contribution in [0, 0.1) is 0 Å². The number of ether oxygens (including phenoxy) is 1. The number of carbonyl (C=O) groups is 3. The van der Waals surface area contributed by atoms with Gasteiger partial charge in [0, 0.05) is 0 Å². The quantitative estimate of drug-likeness (QED) is 0.812. The Morgan fingerprint density at radius 2 is 1.59 bits per heavy atom. The van der Waals surface area contributed by atoms with Gasteiger partial charge < -0.3 is 10.1 Å². The van der Waals surface area contributed by atoms with Crippen LogP contribution in [-0.2, 0) is 9.53 Å². The van der Waals surface area contributed by atoms with Crippen molar-refractivity contribution >= 4 is 29.3 Å². The Morgan fingerprint density at radius 3 is 2.14 bits per heavy atom. The van der Waals surface area contributed by atoms with Crippen molar-refractivity contribution in [2.75, 3.05) is 11.9 Å². The van der Waals surface area contributed by atoms with Crippen molar-refractivity contribution < 1.29 is 19.1 Å². The molecule has 1 unspecified atom stereocenters. The molecule has 2 aromatic carbocycles. The number of anilines is 1. The maximum absolute atomic E-state index is 12.9. The third-order valence-electron chi connectivity index (χ3n) is 4.97. The molecule has 0 bridgehead atoms. The third-order valence-corrected chi connectivity index (χ3v) is 4.97. The molecular formula is C22H21N3O4. The molecule has 7 heteroatoms. The third kappa shape index (κ3) is 3.29. The SMILES string of the molecule is CC(C(=O)Nc1ccccc1C1=NC(C)(C)CO1)N1C(=O)c2ccccc2C1=O. The standard InChI is InChI=1S/C22H21N3O4/c1-13(25-20(27)14-8-4-5-9-15(14)21(25)28)18(26)23-17-11-7-6-10-16(17)19-24-22(2,3)12-29-19/h4-11,13H,12H2,1-3H3,(H,23,26). The van der Waals surface area contributed by atoms with Gasteiger partial charge in [-0.1, -0.05) is 24.3 Å². The summed E-state index contributed by atoms with van der Waals surface area (Å²) in [6.07, 6.45) is 0. The van der Waals surface area contributed by atoms with E-state index in [1.54, 1.807) is 36.4 Å². The van der Waals surface area contributed by atoms with Gasteiger partial charge in [0.25, 0.3) is 11.8 Å². The van der Waals surface area contributed by atoms with Crippen molar-refractivity contribution in [1.29, 1.82) is 0 Å². The summed E-state index contributed by atoms with van der Waals surface area (Å²) in [7, 11) is 0. The Labute approximate surface area is 168 Å². The highest BCUT2D eigenvalue weighted by molar-refractivity contribution is 6.23. The van der Waals surface area contributed by atoms with Gasteiger partial charge in [-0.05, 0) is 45.0 Å². The van der Waals surface area contributed by atoms with E-state index in [1.165, 1.54) is 6.92 Å². The van der Waals surface area contributed by atoms with Gasteiger partial charge in [0.2, 0.25) is 11.8 Å². The molecule has 2 aliphatic rings. The van der Waals surface area contributed by atoms with E-state index in [0.29, 0.717) is 34.9 Å². The van der Waals surface area contributed by atoms with Crippen LogP contribution >= 0.6 is 0 Å². The largest absolute Gasteiger partial charge is 0.475 e. The smallest absolute Gasteiger partial charge is 0.262 e. The highest BCUT2D eigenvalue weighted by Gasteiger charge is 2.40. The Morgan fingerprint density at radius 1 is 1.03 bits per heavy atom. The lowest BCUT2D eigenvalue weighted by Gasteiger charge is -2.22. The van der Waals surface area contributed by atoms with E-state index in [4.69, 9.17) is 4.74 Å². The van der Waals surface area contributed by atoms with Crippen LogP contribution < -0.4 is 5.32 Å². The van der Waals surface area contributed by atoms with Gasteiger partial charge in [0.15, 0.2) is 0 Å². The Bertz CT molecular complexity index is 1020. The fourth-order valence-corrected chi connectivity index (χ4v) is 3.42. The molecule has 4 rings (SSSR count). The number of nitrogens with zero attached hydrogens (tertiary/aromatic N) is 2. The number of benzene rings is 2. The van der Waals surface area contributed by atoms with Gasteiger partial charge in [0.1, 0.15) is 12.6 Å². The molecule has 1 N–H and O–H groups in total. The summed E-state index contributed by atoms with van der Waals surface area (Å²) < 4.78 is 5.69. The molecular weight excluding hydrogens is 370 g/mol. The summed E-state index contributed by atoms with van der Waals surface area (Å²) in [6, 6.07) is 12.7. The second-order valence-electron chi connectivity index (χ2n) is 7.75. The summed E-state index contributed by atoms with van der Waals surface area (Å²) in [6.45, 7) is 5.92. The average Bonchev–Trinajstić information content (AvgIpc) is 3.19. The normalized spacial score (nSPS) is 18.2. The van der Waals surface area contributed by atoms with Crippen LogP contribution in [0.15, 0.2) is 53.5 Å². The van der Waals surface area contributed by atoms with Crippen molar-refractivity contribution in [3.05, 3.63) is 65.2 Å². The number of carbonyl (C=O) groups excluding carboxylic acids is 3. The van der Waals surface area contributed by atoms with Gasteiger partial charge >= 0.3 is 0 Å². The molecule has 2 aliphatic heterocycles. The minimum absolute atomic E-state index is 0.313. The number of nitrogens with one attached hydrogen (secondary N) is 1. The first-order valence-electron chi connectivity index (χ1n) is 9.38. The van der Waals surface area contributed by atoms with E-state index in [1.807, 2.05) is 26.0 Å². The molecule has 3 amide bonds. The number of para-hydroxylation sites is 1. The number of aliphatic imine (C=N–C) groups is 1. The van der Waals surface area contributed by atoms with Gasteiger partial charge in [0.05, 0.1) is 27.9 Å². The van der Waals surface area contributed by atoms with E-state index in [-0.39, 0.29) is 5.54 Å². The zero-order valence-electron chi connectivity index (χ0n) is 16.4. The molecule has 0 fully saturated rings. The van der Waals surface area contributed by atoms with Crippen molar-refractivity contribution in [3.63, 3.8) is 0 Å². The second kappa shape index (κ2) is 6.84. The second-order valence-corrected chi connectivity index (χ2v) is 7.75. The van der Waals surface area contributed by atoms with Crippen LogP contribution in [0.1, 0.15) is 47.1 Å². The summed E-state index contributed by atoms with van der Waals surface area (Å²) in [5.74, 6) is -0.942. The molecule has 2 heterocycles. The lowest BCUT2D eigenvalue weighted by atomic mass is 10.1. The minimum atomic E-state index is -0.974. The molecule has 1 atom stereocenters. The maximum Gasteiger partial charge on any atom is 0.262 e. The number of rotatable bonds is 4. The minimum Gasteiger partial charge on any atom is -0.475 e. The highest BCUT2D eigenvalue weighted by atomic mass is 16.5. The van der Waals surface area contributed by atoms with Gasteiger partial charge in [-0.2, -0.15) is 0 Å². The lowest BCUT2D eigenvalue weighted by molar-refractivity contribution is -0.119. The lowest BCUT2D eigenvalue weighted by Crippen LogP contribution is -2.45. The molecule has 148 valence electrons. The van der Waals surface area contributed by atoms with Gasteiger partial charge in [-0.25, -0.2) is 4.99 Å². The first kappa shape index (κ1) is 18.9. The average molecular weight is 391 g/mol. The predicted molar refractivity (Wildman–Crippen MR) is 108 cm³/mol. The molecule has 0 spiro atoms. The molecule has 0 saturated carbocycles. The van der Waals surface area contributed by atoms with Crippen LogP contribution in [0.2, 0.25) is 0 Å².